The zero-order valence-corrected chi connectivity index (χ0v) is 9.35. The maximum atomic E-state index is 4.09. The molecule has 0 aliphatic heterocycles. The van der Waals surface area contributed by atoms with Gasteiger partial charge in [-0.1, -0.05) is 18.7 Å². The van der Waals surface area contributed by atoms with Crippen molar-refractivity contribution in [3.63, 3.8) is 0 Å². The highest BCUT2D eigenvalue weighted by atomic mass is 32.2. The molecule has 0 aliphatic rings. The Bertz CT molecular complexity index is 271. The molecule has 1 aromatic heterocycles. The van der Waals surface area contributed by atoms with Crippen molar-refractivity contribution in [1.82, 2.24) is 20.1 Å². The summed E-state index contributed by atoms with van der Waals surface area (Å²) in [6.45, 7) is 5.11. The van der Waals surface area contributed by atoms with Gasteiger partial charge in [0.15, 0.2) is 5.16 Å². The minimum atomic E-state index is 0.521. The molecule has 1 N–H and O–H groups in total. The Morgan fingerprint density at radius 1 is 1.54 bits per heavy atom. The molecule has 0 radical (unpaired) electrons. The van der Waals surface area contributed by atoms with E-state index in [1.807, 2.05) is 25.6 Å². The SMILES string of the molecule is CNCC(C)Sc1nnc(C)n1C. The van der Waals surface area contributed by atoms with Gasteiger partial charge in [-0.15, -0.1) is 10.2 Å². The molecule has 0 saturated carbocycles. The number of aromatic nitrogens is 3. The Morgan fingerprint density at radius 3 is 2.69 bits per heavy atom. The fraction of sp³-hybridized carbons (Fsp3) is 0.750. The van der Waals surface area contributed by atoms with E-state index >= 15 is 0 Å². The van der Waals surface area contributed by atoms with Gasteiger partial charge in [-0.05, 0) is 14.0 Å². The van der Waals surface area contributed by atoms with Crippen LogP contribution < -0.4 is 5.32 Å². The molecule has 0 amide bonds. The number of nitrogens with one attached hydrogen (secondary N) is 1. The Labute approximate surface area is 83.1 Å². The quantitative estimate of drug-likeness (QED) is 0.731. The minimum Gasteiger partial charge on any atom is -0.319 e. The largest absolute Gasteiger partial charge is 0.319 e. The van der Waals surface area contributed by atoms with Crippen LogP contribution in [-0.2, 0) is 7.05 Å². The van der Waals surface area contributed by atoms with Crippen LogP contribution in [0.1, 0.15) is 12.7 Å². The van der Waals surface area contributed by atoms with Gasteiger partial charge in [-0.3, -0.25) is 0 Å². The van der Waals surface area contributed by atoms with Crippen LogP contribution in [-0.4, -0.2) is 33.6 Å². The lowest BCUT2D eigenvalue weighted by Gasteiger charge is -2.08. The summed E-state index contributed by atoms with van der Waals surface area (Å²) in [6.07, 6.45) is 0. The molecule has 5 heteroatoms. The predicted octanol–water partition coefficient (Wildman–Crippen LogP) is 0.824. The predicted molar refractivity (Wildman–Crippen MR) is 55.0 cm³/mol. The summed E-state index contributed by atoms with van der Waals surface area (Å²) in [5.41, 5.74) is 0. The van der Waals surface area contributed by atoms with Gasteiger partial charge < -0.3 is 9.88 Å². The Balaban J connectivity index is 2.58. The zero-order valence-electron chi connectivity index (χ0n) is 8.53. The van der Waals surface area contributed by atoms with E-state index in [1.165, 1.54) is 0 Å². The Hall–Kier alpha value is -0.550. The van der Waals surface area contributed by atoms with Gasteiger partial charge in [0.1, 0.15) is 5.82 Å². The second-order valence-corrected chi connectivity index (χ2v) is 4.48. The van der Waals surface area contributed by atoms with E-state index in [2.05, 4.69) is 22.4 Å². The molecule has 1 aromatic rings. The van der Waals surface area contributed by atoms with E-state index in [0.717, 1.165) is 17.5 Å². The molecule has 4 nitrogen and oxygen atoms in total. The number of hydrogen-bond acceptors (Lipinski definition) is 4. The first-order valence-corrected chi connectivity index (χ1v) is 5.20. The standard InChI is InChI=1S/C8H16N4S/c1-6(5-9-3)13-8-11-10-7(2)12(8)4/h6,9H,5H2,1-4H3. The molecule has 0 bridgehead atoms. The maximum Gasteiger partial charge on any atom is 0.191 e. The second-order valence-electron chi connectivity index (χ2n) is 3.07. The molecule has 1 unspecified atom stereocenters. The molecule has 0 saturated heterocycles. The highest BCUT2D eigenvalue weighted by molar-refractivity contribution is 7.99. The van der Waals surface area contributed by atoms with Gasteiger partial charge in [-0.25, -0.2) is 0 Å². The Morgan fingerprint density at radius 2 is 2.23 bits per heavy atom. The minimum absolute atomic E-state index is 0.521. The highest BCUT2D eigenvalue weighted by Crippen LogP contribution is 2.20. The fourth-order valence-corrected chi connectivity index (χ4v) is 1.99. The van der Waals surface area contributed by atoms with Crippen LogP contribution in [0.25, 0.3) is 0 Å². The fourth-order valence-electron chi connectivity index (χ4n) is 0.999. The maximum absolute atomic E-state index is 4.09. The molecular weight excluding hydrogens is 184 g/mol. The summed E-state index contributed by atoms with van der Waals surface area (Å²) < 4.78 is 2.01. The van der Waals surface area contributed by atoms with Gasteiger partial charge in [-0.2, -0.15) is 0 Å². The number of hydrogen-bond donors (Lipinski definition) is 1. The summed E-state index contributed by atoms with van der Waals surface area (Å²) in [5, 5.41) is 12.7. The Kier molecular flexibility index (Phi) is 3.74. The third-order valence-corrected chi connectivity index (χ3v) is 2.99. The first-order valence-electron chi connectivity index (χ1n) is 4.32. The molecule has 1 atom stereocenters. The summed E-state index contributed by atoms with van der Waals surface area (Å²) in [4.78, 5) is 0. The van der Waals surface area contributed by atoms with E-state index in [0.29, 0.717) is 5.25 Å². The van der Waals surface area contributed by atoms with Crippen LogP contribution in [0.15, 0.2) is 5.16 Å². The smallest absolute Gasteiger partial charge is 0.191 e. The molecule has 1 rings (SSSR count). The van der Waals surface area contributed by atoms with Crippen molar-refractivity contribution in [1.29, 1.82) is 0 Å². The summed E-state index contributed by atoms with van der Waals surface area (Å²) in [5.74, 6) is 0.958. The molecule has 0 fully saturated rings. The van der Waals surface area contributed by atoms with Crippen molar-refractivity contribution >= 4 is 11.8 Å². The summed E-state index contributed by atoms with van der Waals surface area (Å²) >= 11 is 1.74. The molecular formula is C8H16N4S. The average molecular weight is 200 g/mol. The summed E-state index contributed by atoms with van der Waals surface area (Å²) in [6, 6.07) is 0. The van der Waals surface area contributed by atoms with E-state index in [9.17, 15) is 0 Å². The van der Waals surface area contributed by atoms with Crippen LogP contribution in [0, 0.1) is 6.92 Å². The van der Waals surface area contributed by atoms with Crippen molar-refractivity contribution < 1.29 is 0 Å². The number of thioether (sulfide) groups is 1. The molecule has 0 aliphatic carbocycles. The van der Waals surface area contributed by atoms with Crippen LogP contribution in [0.4, 0.5) is 0 Å². The van der Waals surface area contributed by atoms with Crippen molar-refractivity contribution in [3.05, 3.63) is 5.82 Å². The highest BCUT2D eigenvalue weighted by Gasteiger charge is 2.09. The van der Waals surface area contributed by atoms with Crippen molar-refractivity contribution in [3.8, 4) is 0 Å². The van der Waals surface area contributed by atoms with Gasteiger partial charge in [0.2, 0.25) is 0 Å². The van der Waals surface area contributed by atoms with E-state index in [4.69, 9.17) is 0 Å². The van der Waals surface area contributed by atoms with Crippen LogP contribution >= 0.6 is 11.8 Å². The normalized spacial score (nSPS) is 13.2. The van der Waals surface area contributed by atoms with Gasteiger partial charge in [0, 0.05) is 18.8 Å². The number of aryl methyl sites for hydroxylation is 1. The molecule has 74 valence electrons. The van der Waals surface area contributed by atoms with E-state index in [1.54, 1.807) is 11.8 Å². The van der Waals surface area contributed by atoms with Gasteiger partial charge >= 0.3 is 0 Å². The van der Waals surface area contributed by atoms with E-state index < -0.39 is 0 Å². The lowest BCUT2D eigenvalue weighted by molar-refractivity contribution is 0.747. The van der Waals surface area contributed by atoms with Crippen LogP contribution in [0.3, 0.4) is 0 Å². The number of rotatable bonds is 4. The molecule has 0 aromatic carbocycles. The van der Waals surface area contributed by atoms with Crippen molar-refractivity contribution in [2.45, 2.75) is 24.3 Å². The lowest BCUT2D eigenvalue weighted by Crippen LogP contribution is -2.18. The lowest BCUT2D eigenvalue weighted by atomic mass is 10.5. The third kappa shape index (κ3) is 2.70. The third-order valence-electron chi connectivity index (χ3n) is 1.85. The van der Waals surface area contributed by atoms with E-state index in [-0.39, 0.29) is 0 Å². The first kappa shape index (κ1) is 10.5. The summed E-state index contributed by atoms with van der Waals surface area (Å²) in [7, 11) is 3.95. The van der Waals surface area contributed by atoms with Crippen molar-refractivity contribution in [2.75, 3.05) is 13.6 Å². The molecule has 0 spiro atoms. The number of nitrogens with zero attached hydrogens (tertiary/aromatic N) is 3. The molecule has 1 heterocycles. The van der Waals surface area contributed by atoms with Gasteiger partial charge in [0.05, 0.1) is 0 Å². The monoisotopic (exact) mass is 200 g/mol. The first-order chi connectivity index (χ1) is 6.15. The topological polar surface area (TPSA) is 42.7 Å². The zero-order chi connectivity index (χ0) is 9.84. The second kappa shape index (κ2) is 4.62. The van der Waals surface area contributed by atoms with Crippen molar-refractivity contribution in [2.24, 2.45) is 7.05 Å². The average Bonchev–Trinajstić information content (AvgIpc) is 2.37. The van der Waals surface area contributed by atoms with Gasteiger partial charge in [0.25, 0.3) is 0 Å². The molecule has 13 heavy (non-hydrogen) atoms. The van der Waals surface area contributed by atoms with Crippen LogP contribution in [0.2, 0.25) is 0 Å². The van der Waals surface area contributed by atoms with Crippen LogP contribution in [0.5, 0.6) is 0 Å².